The summed E-state index contributed by atoms with van der Waals surface area (Å²) >= 11 is 0. The van der Waals surface area contributed by atoms with Crippen molar-refractivity contribution >= 4 is 5.91 Å². The number of aromatic nitrogens is 1. The van der Waals surface area contributed by atoms with Gasteiger partial charge in [0.1, 0.15) is 11.9 Å². The third kappa shape index (κ3) is 5.38. The molecule has 0 saturated carbocycles. The molecule has 0 aliphatic carbocycles. The van der Waals surface area contributed by atoms with Gasteiger partial charge in [0, 0.05) is 18.9 Å². The lowest BCUT2D eigenvalue weighted by molar-refractivity contribution is -0.144. The first-order chi connectivity index (χ1) is 11.2. The van der Waals surface area contributed by atoms with Crippen molar-refractivity contribution < 1.29 is 13.9 Å². The maximum absolute atomic E-state index is 12.7. The van der Waals surface area contributed by atoms with Crippen molar-refractivity contribution in [3.63, 3.8) is 0 Å². The quantitative estimate of drug-likeness (QED) is 0.527. The number of hydrogen-bond donors (Lipinski definition) is 0. The molecular formula is C18H22N2O3. The number of nitrogens with zero attached hydrogens (tertiary/aromatic N) is 2. The molecule has 2 aromatic heterocycles. The van der Waals surface area contributed by atoms with Crippen LogP contribution in [0, 0.1) is 0 Å². The van der Waals surface area contributed by atoms with Crippen LogP contribution in [0.15, 0.2) is 60.0 Å². The van der Waals surface area contributed by atoms with Crippen molar-refractivity contribution in [1.82, 2.24) is 9.88 Å². The number of carbonyl (C=O) groups excluding carboxylic acids is 1. The van der Waals surface area contributed by atoms with Gasteiger partial charge in [0.15, 0.2) is 0 Å². The van der Waals surface area contributed by atoms with E-state index in [0.29, 0.717) is 19.7 Å². The largest absolute Gasteiger partial charge is 0.467 e. The lowest BCUT2D eigenvalue weighted by Crippen LogP contribution is -2.38. The molecule has 0 N–H and O–H groups in total. The Balaban J connectivity index is 2.05. The van der Waals surface area contributed by atoms with Crippen LogP contribution in [0.5, 0.6) is 0 Å². The molecule has 5 heteroatoms. The van der Waals surface area contributed by atoms with Crippen molar-refractivity contribution in [1.29, 1.82) is 0 Å². The van der Waals surface area contributed by atoms with E-state index >= 15 is 0 Å². The summed E-state index contributed by atoms with van der Waals surface area (Å²) in [6.07, 6.45) is 7.05. The van der Waals surface area contributed by atoms with Crippen molar-refractivity contribution in [2.24, 2.45) is 0 Å². The smallest absolute Gasteiger partial charge is 0.252 e. The van der Waals surface area contributed by atoms with Gasteiger partial charge >= 0.3 is 0 Å². The summed E-state index contributed by atoms with van der Waals surface area (Å²) < 4.78 is 10.9. The topological polar surface area (TPSA) is 55.6 Å². The molecule has 23 heavy (non-hydrogen) atoms. The zero-order chi connectivity index (χ0) is 16.5. The average Bonchev–Trinajstić information content (AvgIpc) is 3.08. The Kier molecular flexibility index (Phi) is 6.56. The van der Waals surface area contributed by atoms with E-state index in [1.165, 1.54) is 0 Å². The fourth-order valence-electron chi connectivity index (χ4n) is 2.17. The van der Waals surface area contributed by atoms with E-state index < -0.39 is 6.10 Å². The van der Waals surface area contributed by atoms with Crippen molar-refractivity contribution in [3.05, 3.63) is 66.9 Å². The van der Waals surface area contributed by atoms with Crippen LogP contribution in [0.3, 0.4) is 0 Å². The van der Waals surface area contributed by atoms with Crippen LogP contribution < -0.4 is 0 Å². The van der Waals surface area contributed by atoms with E-state index in [-0.39, 0.29) is 5.91 Å². The highest BCUT2D eigenvalue weighted by molar-refractivity contribution is 5.80. The molecule has 0 radical (unpaired) electrons. The van der Waals surface area contributed by atoms with Crippen LogP contribution >= 0.6 is 0 Å². The van der Waals surface area contributed by atoms with E-state index in [1.54, 1.807) is 36.6 Å². The number of carbonyl (C=O) groups is 1. The van der Waals surface area contributed by atoms with Gasteiger partial charge in [-0.05, 0) is 37.1 Å². The zero-order valence-corrected chi connectivity index (χ0v) is 13.4. The first kappa shape index (κ1) is 17.0. The molecule has 5 nitrogen and oxygen atoms in total. The van der Waals surface area contributed by atoms with Gasteiger partial charge in [0.05, 0.1) is 19.4 Å². The van der Waals surface area contributed by atoms with Gasteiger partial charge in [-0.1, -0.05) is 12.1 Å². The fourth-order valence-corrected chi connectivity index (χ4v) is 2.17. The predicted molar refractivity (Wildman–Crippen MR) is 87.4 cm³/mol. The standard InChI is InChI=1S/C18H22N2O3/c1-3-4-10-22-15(2)18(21)20(14-17-8-6-11-23-17)13-16-7-5-9-19-12-16/h3,5-9,11-12,15H,1,4,10,13-14H2,2H3. The highest BCUT2D eigenvalue weighted by atomic mass is 16.5. The van der Waals surface area contributed by atoms with Gasteiger partial charge in [-0.15, -0.1) is 6.58 Å². The van der Waals surface area contributed by atoms with E-state index in [2.05, 4.69) is 11.6 Å². The van der Waals surface area contributed by atoms with Gasteiger partial charge in [-0.25, -0.2) is 0 Å². The summed E-state index contributed by atoms with van der Waals surface area (Å²) in [5.41, 5.74) is 0.964. The summed E-state index contributed by atoms with van der Waals surface area (Å²) in [6.45, 7) is 6.76. The summed E-state index contributed by atoms with van der Waals surface area (Å²) in [7, 11) is 0. The Bertz CT molecular complexity index is 596. The highest BCUT2D eigenvalue weighted by Crippen LogP contribution is 2.12. The highest BCUT2D eigenvalue weighted by Gasteiger charge is 2.22. The molecule has 1 amide bonds. The van der Waals surface area contributed by atoms with Crippen LogP contribution in [-0.2, 0) is 22.6 Å². The zero-order valence-electron chi connectivity index (χ0n) is 13.4. The summed E-state index contributed by atoms with van der Waals surface area (Å²) in [6, 6.07) is 7.46. The van der Waals surface area contributed by atoms with E-state index in [4.69, 9.17) is 9.15 Å². The van der Waals surface area contributed by atoms with Gasteiger partial charge in [0.2, 0.25) is 0 Å². The molecule has 2 rings (SSSR count). The molecule has 0 saturated heterocycles. The van der Waals surface area contributed by atoms with Crippen LogP contribution in [0.1, 0.15) is 24.7 Å². The van der Waals surface area contributed by atoms with Crippen molar-refractivity contribution in [2.45, 2.75) is 32.5 Å². The summed E-state index contributed by atoms with van der Waals surface area (Å²) in [5, 5.41) is 0. The Morgan fingerprint density at radius 1 is 1.43 bits per heavy atom. The molecular weight excluding hydrogens is 292 g/mol. The SMILES string of the molecule is C=CCCOC(C)C(=O)N(Cc1cccnc1)Cc1ccco1. The summed E-state index contributed by atoms with van der Waals surface area (Å²) in [4.78, 5) is 18.5. The van der Waals surface area contributed by atoms with Crippen LogP contribution in [0.25, 0.3) is 0 Å². The number of hydrogen-bond acceptors (Lipinski definition) is 4. The van der Waals surface area contributed by atoms with Crippen LogP contribution in [-0.4, -0.2) is 28.5 Å². The fraction of sp³-hybridized carbons (Fsp3) is 0.333. The Morgan fingerprint density at radius 3 is 2.96 bits per heavy atom. The number of amides is 1. The minimum Gasteiger partial charge on any atom is -0.467 e. The number of furan rings is 1. The van der Waals surface area contributed by atoms with E-state index in [1.807, 2.05) is 24.3 Å². The molecule has 0 aliphatic rings. The Hall–Kier alpha value is -2.40. The minimum atomic E-state index is -0.512. The molecule has 1 atom stereocenters. The monoisotopic (exact) mass is 314 g/mol. The second kappa shape index (κ2) is 8.90. The molecule has 0 fully saturated rings. The normalized spacial score (nSPS) is 11.9. The second-order valence-electron chi connectivity index (χ2n) is 5.23. The van der Waals surface area contributed by atoms with E-state index in [0.717, 1.165) is 17.7 Å². The predicted octanol–water partition coefficient (Wildman–Crippen LogP) is 3.18. The average molecular weight is 314 g/mol. The number of rotatable bonds is 9. The maximum atomic E-state index is 12.7. The van der Waals surface area contributed by atoms with Crippen LogP contribution in [0.2, 0.25) is 0 Å². The first-order valence-corrected chi connectivity index (χ1v) is 7.63. The lowest BCUT2D eigenvalue weighted by atomic mass is 10.2. The van der Waals surface area contributed by atoms with Crippen molar-refractivity contribution in [2.75, 3.05) is 6.61 Å². The molecule has 0 aromatic carbocycles. The van der Waals surface area contributed by atoms with Gasteiger partial charge in [-0.3, -0.25) is 9.78 Å². The maximum Gasteiger partial charge on any atom is 0.252 e. The summed E-state index contributed by atoms with van der Waals surface area (Å²) in [5.74, 6) is 0.662. The van der Waals surface area contributed by atoms with E-state index in [9.17, 15) is 4.79 Å². The Labute approximate surface area is 136 Å². The molecule has 1 unspecified atom stereocenters. The lowest BCUT2D eigenvalue weighted by Gasteiger charge is -2.25. The minimum absolute atomic E-state index is 0.0747. The van der Waals surface area contributed by atoms with Crippen LogP contribution in [0.4, 0.5) is 0 Å². The molecule has 0 spiro atoms. The Morgan fingerprint density at radius 2 is 2.30 bits per heavy atom. The van der Waals surface area contributed by atoms with Gasteiger partial charge < -0.3 is 14.1 Å². The number of pyridine rings is 1. The molecule has 2 heterocycles. The molecule has 0 bridgehead atoms. The van der Waals surface area contributed by atoms with Crippen molar-refractivity contribution in [3.8, 4) is 0 Å². The van der Waals surface area contributed by atoms with Gasteiger partial charge in [-0.2, -0.15) is 0 Å². The third-order valence-corrected chi connectivity index (χ3v) is 3.37. The molecule has 122 valence electrons. The third-order valence-electron chi connectivity index (χ3n) is 3.37. The number of ether oxygens (including phenoxy) is 1. The first-order valence-electron chi connectivity index (χ1n) is 7.63. The molecule has 2 aromatic rings. The second-order valence-corrected chi connectivity index (χ2v) is 5.23. The molecule has 0 aliphatic heterocycles. The van der Waals surface area contributed by atoms with Gasteiger partial charge in [0.25, 0.3) is 5.91 Å².